The van der Waals surface area contributed by atoms with Crippen molar-refractivity contribution < 1.29 is 19.5 Å². The summed E-state index contributed by atoms with van der Waals surface area (Å²) in [5, 5.41) is 13.5. The van der Waals surface area contributed by atoms with Gasteiger partial charge in [-0.15, -0.1) is 0 Å². The van der Waals surface area contributed by atoms with Crippen LogP contribution in [0.1, 0.15) is 0 Å². The minimum absolute atomic E-state index is 0.263. The van der Waals surface area contributed by atoms with E-state index in [0.29, 0.717) is 0 Å². The van der Waals surface area contributed by atoms with Crippen LogP contribution in [0.2, 0.25) is 0 Å². The van der Waals surface area contributed by atoms with Crippen LogP contribution in [0, 0.1) is 11.8 Å². The van der Waals surface area contributed by atoms with Crippen molar-refractivity contribution in [3.8, 4) is 0 Å². The number of hydrogen-bond donors (Lipinski definition) is 3. The predicted molar refractivity (Wildman–Crippen MR) is 39.6 cm³/mol. The van der Waals surface area contributed by atoms with Crippen LogP contribution in [0.5, 0.6) is 0 Å². The Kier molecular flexibility index (Phi) is 1.59. The summed E-state index contributed by atoms with van der Waals surface area (Å²) in [7, 11) is 0. The zero-order valence-corrected chi connectivity index (χ0v) is 6.61. The molecule has 2 saturated heterocycles. The fourth-order valence-corrected chi connectivity index (χ4v) is 1.87. The molecule has 0 aliphatic carbocycles. The Labute approximate surface area is 73.3 Å². The predicted octanol–water partition coefficient (Wildman–Crippen LogP) is -2.07. The Bertz CT molecular complexity index is 301. The Morgan fingerprint density at radius 1 is 1.38 bits per heavy atom. The lowest BCUT2D eigenvalue weighted by molar-refractivity contribution is -0.142. The Morgan fingerprint density at radius 3 is 2.69 bits per heavy atom. The maximum atomic E-state index is 11.1. The summed E-state index contributed by atoms with van der Waals surface area (Å²) in [5.74, 6) is -3.17. The van der Waals surface area contributed by atoms with Gasteiger partial charge in [0, 0.05) is 6.54 Å². The first-order valence-corrected chi connectivity index (χ1v) is 3.92. The van der Waals surface area contributed by atoms with Crippen LogP contribution < -0.4 is 10.6 Å². The van der Waals surface area contributed by atoms with Gasteiger partial charge in [0.05, 0.1) is 11.8 Å². The summed E-state index contributed by atoms with van der Waals surface area (Å²) in [5.41, 5.74) is 0. The van der Waals surface area contributed by atoms with Crippen LogP contribution in [-0.4, -0.2) is 35.5 Å². The van der Waals surface area contributed by atoms with Gasteiger partial charge in [-0.3, -0.25) is 19.7 Å². The summed E-state index contributed by atoms with van der Waals surface area (Å²) in [6, 6.07) is -0.920. The summed E-state index contributed by atoms with van der Waals surface area (Å²) >= 11 is 0. The first kappa shape index (κ1) is 8.18. The average molecular weight is 184 g/mol. The lowest BCUT2D eigenvalue weighted by Crippen LogP contribution is -2.40. The standard InChI is InChI=1S/C7H8N2O4/c10-5-2-1-8-4(7(12)13)3(2)6(11)9-5/h2-4,8H,1H2,(H,12,13)(H,9,10,11). The highest BCUT2D eigenvalue weighted by molar-refractivity contribution is 6.07. The van der Waals surface area contributed by atoms with E-state index in [0.717, 1.165) is 0 Å². The lowest BCUT2D eigenvalue weighted by atomic mass is 9.93. The number of amides is 2. The molecule has 2 aliphatic heterocycles. The molecule has 0 bridgehead atoms. The lowest BCUT2D eigenvalue weighted by Gasteiger charge is -2.09. The molecule has 0 radical (unpaired) electrons. The maximum Gasteiger partial charge on any atom is 0.321 e. The molecular weight excluding hydrogens is 176 g/mol. The first-order valence-electron chi connectivity index (χ1n) is 3.92. The molecule has 70 valence electrons. The molecule has 0 aromatic heterocycles. The van der Waals surface area contributed by atoms with Crippen molar-refractivity contribution in [3.05, 3.63) is 0 Å². The van der Waals surface area contributed by atoms with E-state index in [1.807, 2.05) is 0 Å². The van der Waals surface area contributed by atoms with Crippen molar-refractivity contribution in [1.82, 2.24) is 10.6 Å². The molecule has 2 rings (SSSR count). The molecule has 13 heavy (non-hydrogen) atoms. The second-order valence-corrected chi connectivity index (χ2v) is 3.21. The number of imide groups is 1. The van der Waals surface area contributed by atoms with E-state index in [2.05, 4.69) is 10.6 Å². The van der Waals surface area contributed by atoms with Gasteiger partial charge in [0.15, 0.2) is 0 Å². The fraction of sp³-hybridized carbons (Fsp3) is 0.571. The molecular formula is C7H8N2O4. The van der Waals surface area contributed by atoms with Crippen LogP contribution in [0.4, 0.5) is 0 Å². The maximum absolute atomic E-state index is 11.1. The van der Waals surface area contributed by atoms with Gasteiger partial charge in [-0.25, -0.2) is 0 Å². The van der Waals surface area contributed by atoms with Crippen molar-refractivity contribution in [2.45, 2.75) is 6.04 Å². The third-order valence-electron chi connectivity index (χ3n) is 2.50. The molecule has 6 heteroatoms. The minimum atomic E-state index is -1.09. The molecule has 2 amide bonds. The molecule has 3 N–H and O–H groups in total. The van der Waals surface area contributed by atoms with Gasteiger partial charge >= 0.3 is 5.97 Å². The van der Waals surface area contributed by atoms with Crippen LogP contribution in [0.15, 0.2) is 0 Å². The van der Waals surface area contributed by atoms with Crippen molar-refractivity contribution >= 4 is 17.8 Å². The number of hydrogen-bond acceptors (Lipinski definition) is 4. The molecule has 2 heterocycles. The largest absolute Gasteiger partial charge is 0.480 e. The van der Waals surface area contributed by atoms with E-state index in [1.54, 1.807) is 0 Å². The van der Waals surface area contributed by atoms with E-state index in [1.165, 1.54) is 0 Å². The number of carboxylic acid groups (broad SMARTS) is 1. The zero-order chi connectivity index (χ0) is 9.59. The Hall–Kier alpha value is -1.43. The molecule has 2 fully saturated rings. The normalized spacial score (nSPS) is 37.4. The number of nitrogens with one attached hydrogen (secondary N) is 2. The highest BCUT2D eigenvalue weighted by Gasteiger charge is 2.52. The number of fused-ring (bicyclic) bond motifs is 1. The first-order chi connectivity index (χ1) is 6.11. The van der Waals surface area contributed by atoms with Crippen LogP contribution >= 0.6 is 0 Å². The van der Waals surface area contributed by atoms with Crippen molar-refractivity contribution in [2.24, 2.45) is 11.8 Å². The molecule has 0 saturated carbocycles. The second kappa shape index (κ2) is 2.53. The van der Waals surface area contributed by atoms with E-state index in [4.69, 9.17) is 5.11 Å². The van der Waals surface area contributed by atoms with Gasteiger partial charge in [0.2, 0.25) is 11.8 Å². The smallest absolute Gasteiger partial charge is 0.321 e. The van der Waals surface area contributed by atoms with Gasteiger partial charge in [-0.1, -0.05) is 0 Å². The number of rotatable bonds is 1. The van der Waals surface area contributed by atoms with E-state index in [-0.39, 0.29) is 12.5 Å². The summed E-state index contributed by atoms with van der Waals surface area (Å²) < 4.78 is 0. The number of aliphatic carboxylic acids is 1. The quantitative estimate of drug-likeness (QED) is 0.407. The van der Waals surface area contributed by atoms with Gasteiger partial charge in [-0.2, -0.15) is 0 Å². The van der Waals surface area contributed by atoms with Gasteiger partial charge < -0.3 is 10.4 Å². The topological polar surface area (TPSA) is 95.5 Å². The average Bonchev–Trinajstić information content (AvgIpc) is 2.55. The summed E-state index contributed by atoms with van der Waals surface area (Å²) in [4.78, 5) is 32.9. The van der Waals surface area contributed by atoms with Gasteiger partial charge in [0.1, 0.15) is 6.04 Å². The van der Waals surface area contributed by atoms with Crippen LogP contribution in [0.25, 0.3) is 0 Å². The molecule has 3 unspecified atom stereocenters. The fourth-order valence-electron chi connectivity index (χ4n) is 1.87. The number of carbonyl (C=O) groups is 3. The minimum Gasteiger partial charge on any atom is -0.480 e. The molecule has 6 nitrogen and oxygen atoms in total. The van der Waals surface area contributed by atoms with Crippen molar-refractivity contribution in [1.29, 1.82) is 0 Å². The van der Waals surface area contributed by atoms with E-state index >= 15 is 0 Å². The molecule has 3 atom stereocenters. The third-order valence-corrected chi connectivity index (χ3v) is 2.50. The summed E-state index contributed by atoms with van der Waals surface area (Å²) in [6.07, 6.45) is 0. The SMILES string of the molecule is O=C1NC(=O)C2C1CNC2C(=O)O. The van der Waals surface area contributed by atoms with Crippen LogP contribution in [0.3, 0.4) is 0 Å². The van der Waals surface area contributed by atoms with Crippen molar-refractivity contribution in [2.75, 3.05) is 6.54 Å². The highest BCUT2D eigenvalue weighted by atomic mass is 16.4. The third kappa shape index (κ3) is 1.02. The molecule has 2 aliphatic rings. The molecule has 0 aromatic rings. The van der Waals surface area contributed by atoms with Gasteiger partial charge in [0.25, 0.3) is 0 Å². The second-order valence-electron chi connectivity index (χ2n) is 3.21. The number of carboxylic acids is 1. The molecule has 0 spiro atoms. The van der Waals surface area contributed by atoms with Gasteiger partial charge in [-0.05, 0) is 0 Å². The van der Waals surface area contributed by atoms with Crippen molar-refractivity contribution in [3.63, 3.8) is 0 Å². The van der Waals surface area contributed by atoms with Crippen LogP contribution in [-0.2, 0) is 14.4 Å². The molecule has 0 aromatic carbocycles. The monoisotopic (exact) mass is 184 g/mol. The summed E-state index contributed by atoms with van der Waals surface area (Å²) in [6.45, 7) is 0.263. The highest BCUT2D eigenvalue weighted by Crippen LogP contribution is 2.27. The van der Waals surface area contributed by atoms with E-state index in [9.17, 15) is 14.4 Å². The number of carbonyl (C=O) groups excluding carboxylic acids is 2. The Balaban J connectivity index is 2.27. The van der Waals surface area contributed by atoms with E-state index < -0.39 is 29.8 Å². The Morgan fingerprint density at radius 2 is 2.08 bits per heavy atom. The zero-order valence-electron chi connectivity index (χ0n) is 6.61.